The minimum atomic E-state index is 0. The lowest BCUT2D eigenvalue weighted by Crippen LogP contribution is -2.43. The first kappa shape index (κ1) is 15.7. The van der Waals surface area contributed by atoms with Gasteiger partial charge in [0.1, 0.15) is 12.1 Å². The molecule has 0 saturated carbocycles. The smallest absolute Gasteiger partial charge is 0.132 e. The molecule has 0 atom stereocenters. The van der Waals surface area contributed by atoms with Crippen LogP contribution in [0.25, 0.3) is 22.0 Å². The molecule has 0 spiro atoms. The van der Waals surface area contributed by atoms with Gasteiger partial charge in [0.05, 0.1) is 5.69 Å². The fourth-order valence-corrected chi connectivity index (χ4v) is 2.92. The number of anilines is 1. The Balaban J connectivity index is 0.00000156. The second-order valence-corrected chi connectivity index (χ2v) is 5.56. The van der Waals surface area contributed by atoms with Gasteiger partial charge in [0.15, 0.2) is 0 Å². The van der Waals surface area contributed by atoms with E-state index in [0.29, 0.717) is 0 Å². The van der Waals surface area contributed by atoms with Crippen molar-refractivity contribution in [1.29, 1.82) is 0 Å². The predicted molar refractivity (Wildman–Crippen MR) is 97.3 cm³/mol. The Morgan fingerprint density at radius 1 is 0.870 bits per heavy atom. The molecular weight excluding hydrogens is 308 g/mol. The van der Waals surface area contributed by atoms with Gasteiger partial charge in [-0.2, -0.15) is 0 Å². The second kappa shape index (κ2) is 6.94. The highest BCUT2D eigenvalue weighted by Crippen LogP contribution is 2.25. The topological polar surface area (TPSA) is 41.0 Å². The summed E-state index contributed by atoms with van der Waals surface area (Å²) >= 11 is 0. The third-order valence-electron chi connectivity index (χ3n) is 4.14. The minimum Gasteiger partial charge on any atom is -0.354 e. The van der Waals surface area contributed by atoms with Gasteiger partial charge in [-0.3, -0.25) is 0 Å². The Morgan fingerprint density at radius 3 is 2.48 bits per heavy atom. The lowest BCUT2D eigenvalue weighted by molar-refractivity contribution is 0.584. The van der Waals surface area contributed by atoms with Gasteiger partial charge in [0, 0.05) is 37.8 Å². The van der Waals surface area contributed by atoms with Crippen LogP contribution in [0.4, 0.5) is 5.82 Å². The summed E-state index contributed by atoms with van der Waals surface area (Å²) in [6.07, 6.45) is 1.67. The van der Waals surface area contributed by atoms with Gasteiger partial charge < -0.3 is 10.2 Å². The third kappa shape index (κ3) is 3.28. The molecular formula is C18H19ClN4. The molecule has 1 aliphatic heterocycles. The van der Waals surface area contributed by atoms with E-state index in [-0.39, 0.29) is 12.4 Å². The maximum Gasteiger partial charge on any atom is 0.132 e. The molecule has 3 aromatic rings. The second-order valence-electron chi connectivity index (χ2n) is 5.56. The molecule has 2 aromatic carbocycles. The average Bonchev–Trinajstić information content (AvgIpc) is 2.62. The van der Waals surface area contributed by atoms with Crippen molar-refractivity contribution in [2.24, 2.45) is 0 Å². The van der Waals surface area contributed by atoms with Gasteiger partial charge in [-0.1, -0.05) is 36.4 Å². The zero-order chi connectivity index (χ0) is 14.8. The number of halogens is 1. The lowest BCUT2D eigenvalue weighted by Gasteiger charge is -2.28. The van der Waals surface area contributed by atoms with Gasteiger partial charge in [-0.15, -0.1) is 12.4 Å². The number of benzene rings is 2. The molecule has 1 aromatic heterocycles. The maximum absolute atomic E-state index is 4.46. The molecule has 5 heteroatoms. The molecule has 118 valence electrons. The molecule has 0 radical (unpaired) electrons. The number of aromatic nitrogens is 2. The van der Waals surface area contributed by atoms with E-state index in [1.54, 1.807) is 6.33 Å². The SMILES string of the molecule is Cl.c1ccc2cc(-c3cc(N4CCNCC4)ncn3)ccc2c1. The summed E-state index contributed by atoms with van der Waals surface area (Å²) < 4.78 is 0. The van der Waals surface area contributed by atoms with Crippen LogP contribution in [0.3, 0.4) is 0 Å². The van der Waals surface area contributed by atoms with Crippen molar-refractivity contribution in [1.82, 2.24) is 15.3 Å². The minimum absolute atomic E-state index is 0. The van der Waals surface area contributed by atoms with Crippen molar-refractivity contribution >= 4 is 29.0 Å². The largest absolute Gasteiger partial charge is 0.354 e. The molecule has 23 heavy (non-hydrogen) atoms. The summed E-state index contributed by atoms with van der Waals surface area (Å²) in [7, 11) is 0. The van der Waals surface area contributed by atoms with E-state index in [2.05, 4.69) is 68.7 Å². The number of nitrogens with zero attached hydrogens (tertiary/aromatic N) is 3. The van der Waals surface area contributed by atoms with Gasteiger partial charge in [-0.05, 0) is 16.8 Å². The van der Waals surface area contributed by atoms with Crippen LogP contribution in [0, 0.1) is 0 Å². The van der Waals surface area contributed by atoms with Crippen molar-refractivity contribution in [2.45, 2.75) is 0 Å². The average molecular weight is 327 g/mol. The van der Waals surface area contributed by atoms with Crippen LogP contribution in [0.5, 0.6) is 0 Å². The Kier molecular flexibility index (Phi) is 4.74. The van der Waals surface area contributed by atoms with Crippen LogP contribution in [-0.2, 0) is 0 Å². The van der Waals surface area contributed by atoms with Crippen LogP contribution < -0.4 is 10.2 Å². The fourth-order valence-electron chi connectivity index (χ4n) is 2.92. The van der Waals surface area contributed by atoms with E-state index in [1.165, 1.54) is 10.8 Å². The molecule has 0 amide bonds. The number of nitrogens with one attached hydrogen (secondary N) is 1. The monoisotopic (exact) mass is 326 g/mol. The summed E-state index contributed by atoms with van der Waals surface area (Å²) in [5.41, 5.74) is 2.12. The normalized spacial score (nSPS) is 14.5. The molecule has 1 fully saturated rings. The number of hydrogen-bond donors (Lipinski definition) is 1. The van der Waals surface area contributed by atoms with E-state index < -0.39 is 0 Å². The Hall–Kier alpha value is -2.17. The van der Waals surface area contributed by atoms with E-state index in [4.69, 9.17) is 0 Å². The summed E-state index contributed by atoms with van der Waals surface area (Å²) in [4.78, 5) is 11.2. The van der Waals surface area contributed by atoms with Crippen molar-refractivity contribution < 1.29 is 0 Å². The van der Waals surface area contributed by atoms with Gasteiger partial charge in [-0.25, -0.2) is 9.97 Å². The summed E-state index contributed by atoms with van der Waals surface area (Å²) in [5, 5.41) is 5.86. The first-order chi connectivity index (χ1) is 10.9. The molecule has 1 N–H and O–H groups in total. The van der Waals surface area contributed by atoms with Crippen LogP contribution in [0.1, 0.15) is 0 Å². The third-order valence-corrected chi connectivity index (χ3v) is 4.14. The van der Waals surface area contributed by atoms with E-state index in [1.807, 2.05) is 0 Å². The van der Waals surface area contributed by atoms with Crippen LogP contribution >= 0.6 is 12.4 Å². The highest BCUT2D eigenvalue weighted by molar-refractivity contribution is 5.87. The van der Waals surface area contributed by atoms with Crippen LogP contribution in [0.2, 0.25) is 0 Å². The first-order valence-electron chi connectivity index (χ1n) is 7.67. The highest BCUT2D eigenvalue weighted by Gasteiger charge is 2.12. The van der Waals surface area contributed by atoms with Crippen molar-refractivity contribution in [3.8, 4) is 11.3 Å². The summed E-state index contributed by atoms with van der Waals surface area (Å²) in [6.45, 7) is 4.01. The quantitative estimate of drug-likeness (QED) is 0.785. The lowest BCUT2D eigenvalue weighted by atomic mass is 10.0. The highest BCUT2D eigenvalue weighted by atomic mass is 35.5. The number of fused-ring (bicyclic) bond motifs is 1. The molecule has 0 aliphatic carbocycles. The molecule has 0 bridgehead atoms. The molecule has 2 heterocycles. The Bertz CT molecular complexity index is 800. The van der Waals surface area contributed by atoms with Crippen LogP contribution in [-0.4, -0.2) is 36.1 Å². The Labute approximate surface area is 142 Å². The molecule has 4 rings (SSSR count). The summed E-state index contributed by atoms with van der Waals surface area (Å²) in [6, 6.07) is 17.0. The van der Waals surface area contributed by atoms with E-state index >= 15 is 0 Å². The molecule has 1 aliphatic rings. The van der Waals surface area contributed by atoms with Gasteiger partial charge in [0.2, 0.25) is 0 Å². The standard InChI is InChI=1S/C18H18N4.ClH/c1-2-4-15-11-16(6-5-14(15)3-1)17-12-18(21-13-20-17)22-9-7-19-8-10-22;/h1-6,11-13,19H,7-10H2;1H. The van der Waals surface area contributed by atoms with E-state index in [0.717, 1.165) is 43.3 Å². The Morgan fingerprint density at radius 2 is 1.65 bits per heavy atom. The predicted octanol–water partition coefficient (Wildman–Crippen LogP) is 3.13. The number of hydrogen-bond acceptors (Lipinski definition) is 4. The summed E-state index contributed by atoms with van der Waals surface area (Å²) in [5.74, 6) is 1.01. The molecule has 0 unspecified atom stereocenters. The van der Waals surface area contributed by atoms with Crippen molar-refractivity contribution in [3.05, 3.63) is 54.9 Å². The number of rotatable bonds is 2. The van der Waals surface area contributed by atoms with Crippen molar-refractivity contribution in [3.63, 3.8) is 0 Å². The fraction of sp³-hybridized carbons (Fsp3) is 0.222. The van der Waals surface area contributed by atoms with Gasteiger partial charge in [0.25, 0.3) is 0 Å². The first-order valence-corrected chi connectivity index (χ1v) is 7.67. The maximum atomic E-state index is 4.46. The van der Waals surface area contributed by atoms with Gasteiger partial charge >= 0.3 is 0 Å². The number of piperazine rings is 1. The molecule has 1 saturated heterocycles. The molecule has 4 nitrogen and oxygen atoms in total. The van der Waals surface area contributed by atoms with E-state index in [9.17, 15) is 0 Å². The zero-order valence-corrected chi connectivity index (χ0v) is 13.6. The zero-order valence-electron chi connectivity index (χ0n) is 12.8. The van der Waals surface area contributed by atoms with Crippen molar-refractivity contribution in [2.75, 3.05) is 31.1 Å². The van der Waals surface area contributed by atoms with Crippen LogP contribution in [0.15, 0.2) is 54.9 Å².